The second kappa shape index (κ2) is 4.37. The van der Waals surface area contributed by atoms with Crippen molar-refractivity contribution in [2.45, 2.75) is 12.8 Å². The zero-order valence-electron chi connectivity index (χ0n) is 10.2. The molecule has 1 aliphatic rings. The molecule has 20 heavy (non-hydrogen) atoms. The molecule has 0 N–H and O–H groups in total. The number of rotatable bonds is 0. The molecule has 0 aromatic heterocycles. The van der Waals surface area contributed by atoms with E-state index in [0.29, 0.717) is 11.1 Å². The molecule has 3 rings (SSSR count). The Labute approximate surface area is 112 Å². The Balaban J connectivity index is 2.16. The van der Waals surface area contributed by atoms with Crippen LogP contribution in [0.5, 0.6) is 5.75 Å². The standard InChI is InChI=1S/C15H9F3O2/c16-15(17,18)10-5-6-13-12(7-10)14(19)11-4-2-1-3-9(11)8-20-13/h1-7H,8H2. The Hall–Kier alpha value is -2.30. The van der Waals surface area contributed by atoms with Crippen molar-refractivity contribution in [1.82, 2.24) is 0 Å². The van der Waals surface area contributed by atoms with E-state index in [-0.39, 0.29) is 17.9 Å². The molecule has 5 heteroatoms. The Morgan fingerprint density at radius 2 is 1.75 bits per heavy atom. The summed E-state index contributed by atoms with van der Waals surface area (Å²) < 4.78 is 43.6. The van der Waals surface area contributed by atoms with Crippen LogP contribution in [0.1, 0.15) is 27.0 Å². The molecule has 0 saturated carbocycles. The molecule has 0 fully saturated rings. The molecule has 0 saturated heterocycles. The number of ether oxygens (including phenoxy) is 1. The minimum Gasteiger partial charge on any atom is -0.488 e. The van der Waals surface area contributed by atoms with E-state index in [0.717, 1.165) is 12.1 Å². The van der Waals surface area contributed by atoms with E-state index < -0.39 is 17.5 Å². The molecule has 0 radical (unpaired) electrons. The second-order valence-electron chi connectivity index (χ2n) is 4.48. The van der Waals surface area contributed by atoms with Crippen molar-refractivity contribution >= 4 is 5.78 Å². The van der Waals surface area contributed by atoms with E-state index in [1.165, 1.54) is 6.07 Å². The lowest BCUT2D eigenvalue weighted by atomic mass is 9.98. The van der Waals surface area contributed by atoms with Crippen LogP contribution < -0.4 is 4.74 Å². The number of halogens is 3. The average Bonchev–Trinajstić information content (AvgIpc) is 2.56. The number of fused-ring (bicyclic) bond motifs is 2. The average molecular weight is 278 g/mol. The van der Waals surface area contributed by atoms with E-state index in [1.807, 2.05) is 0 Å². The van der Waals surface area contributed by atoms with Crippen LogP contribution in [0.25, 0.3) is 0 Å². The summed E-state index contributed by atoms with van der Waals surface area (Å²) in [6, 6.07) is 9.71. The lowest BCUT2D eigenvalue weighted by Gasteiger charge is -2.10. The van der Waals surface area contributed by atoms with Gasteiger partial charge in [0.1, 0.15) is 12.4 Å². The first-order chi connectivity index (χ1) is 9.47. The van der Waals surface area contributed by atoms with Crippen molar-refractivity contribution in [1.29, 1.82) is 0 Å². The SMILES string of the molecule is O=C1c2ccccc2COc2ccc(C(F)(F)F)cc21. The van der Waals surface area contributed by atoms with Gasteiger partial charge in [0.25, 0.3) is 0 Å². The lowest BCUT2D eigenvalue weighted by Crippen LogP contribution is -2.08. The monoisotopic (exact) mass is 278 g/mol. The molecule has 0 aliphatic carbocycles. The number of hydrogen-bond donors (Lipinski definition) is 0. The predicted molar refractivity (Wildman–Crippen MR) is 65.7 cm³/mol. The van der Waals surface area contributed by atoms with Gasteiger partial charge in [-0.3, -0.25) is 4.79 Å². The summed E-state index contributed by atoms with van der Waals surface area (Å²) in [5.41, 5.74) is 0.144. The number of hydrogen-bond acceptors (Lipinski definition) is 2. The topological polar surface area (TPSA) is 26.3 Å². The molecule has 1 heterocycles. The molecule has 2 aromatic rings. The van der Waals surface area contributed by atoms with Gasteiger partial charge in [0.2, 0.25) is 0 Å². The summed E-state index contributed by atoms with van der Waals surface area (Å²) in [7, 11) is 0. The van der Waals surface area contributed by atoms with E-state index in [9.17, 15) is 18.0 Å². The third-order valence-electron chi connectivity index (χ3n) is 3.20. The molecule has 0 unspecified atom stereocenters. The van der Waals surface area contributed by atoms with Gasteiger partial charge in [-0.15, -0.1) is 0 Å². The number of carbonyl (C=O) groups excluding carboxylic acids is 1. The van der Waals surface area contributed by atoms with Crippen molar-refractivity contribution in [2.75, 3.05) is 0 Å². The van der Waals surface area contributed by atoms with Gasteiger partial charge in [-0.2, -0.15) is 13.2 Å². The molecule has 2 nitrogen and oxygen atoms in total. The molecule has 2 aromatic carbocycles. The molecular weight excluding hydrogens is 269 g/mol. The first kappa shape index (κ1) is 12.7. The van der Waals surface area contributed by atoms with E-state index in [4.69, 9.17) is 4.74 Å². The zero-order chi connectivity index (χ0) is 14.3. The molecule has 0 atom stereocenters. The molecule has 0 amide bonds. The summed E-state index contributed by atoms with van der Waals surface area (Å²) in [6.07, 6.45) is -4.48. The highest BCUT2D eigenvalue weighted by molar-refractivity contribution is 6.12. The van der Waals surface area contributed by atoms with Gasteiger partial charge >= 0.3 is 6.18 Å². The lowest BCUT2D eigenvalue weighted by molar-refractivity contribution is -0.137. The highest BCUT2D eigenvalue weighted by atomic mass is 19.4. The van der Waals surface area contributed by atoms with Crippen LogP contribution in [0.2, 0.25) is 0 Å². The van der Waals surface area contributed by atoms with Gasteiger partial charge < -0.3 is 4.74 Å². The van der Waals surface area contributed by atoms with Gasteiger partial charge in [-0.25, -0.2) is 0 Å². The fourth-order valence-electron chi connectivity index (χ4n) is 2.18. The summed E-state index contributed by atoms with van der Waals surface area (Å²) in [5.74, 6) is -0.265. The Bertz CT molecular complexity index is 690. The Kier molecular flexibility index (Phi) is 2.78. The summed E-state index contributed by atoms with van der Waals surface area (Å²) in [6.45, 7) is 0.167. The summed E-state index contributed by atoms with van der Waals surface area (Å²) in [4.78, 5) is 12.4. The minimum atomic E-state index is -4.48. The van der Waals surface area contributed by atoms with Crippen LogP contribution in [-0.2, 0) is 12.8 Å². The van der Waals surface area contributed by atoms with Crippen LogP contribution >= 0.6 is 0 Å². The maximum Gasteiger partial charge on any atom is 0.416 e. The van der Waals surface area contributed by atoms with Crippen molar-refractivity contribution in [3.8, 4) is 5.75 Å². The Morgan fingerprint density at radius 3 is 2.50 bits per heavy atom. The maximum atomic E-state index is 12.7. The number of alkyl halides is 3. The smallest absolute Gasteiger partial charge is 0.416 e. The van der Waals surface area contributed by atoms with Gasteiger partial charge in [0.15, 0.2) is 5.78 Å². The Morgan fingerprint density at radius 1 is 1.00 bits per heavy atom. The van der Waals surface area contributed by atoms with Crippen LogP contribution in [-0.4, -0.2) is 5.78 Å². The predicted octanol–water partition coefficient (Wildman–Crippen LogP) is 3.83. The number of ketones is 1. The zero-order valence-corrected chi connectivity index (χ0v) is 10.2. The maximum absolute atomic E-state index is 12.7. The van der Waals surface area contributed by atoms with Crippen LogP contribution in [0.3, 0.4) is 0 Å². The van der Waals surface area contributed by atoms with Crippen molar-refractivity contribution in [3.05, 3.63) is 64.7 Å². The molecule has 1 aliphatic heterocycles. The van der Waals surface area contributed by atoms with Gasteiger partial charge in [-0.1, -0.05) is 24.3 Å². The highest BCUT2D eigenvalue weighted by Gasteiger charge is 2.33. The third kappa shape index (κ3) is 2.05. The number of benzene rings is 2. The van der Waals surface area contributed by atoms with Crippen LogP contribution in [0.15, 0.2) is 42.5 Å². The largest absolute Gasteiger partial charge is 0.488 e. The minimum absolute atomic E-state index is 0.0511. The first-order valence-electron chi connectivity index (χ1n) is 5.93. The molecule has 0 spiro atoms. The quantitative estimate of drug-likeness (QED) is 0.732. The first-order valence-corrected chi connectivity index (χ1v) is 5.93. The second-order valence-corrected chi connectivity index (χ2v) is 4.48. The van der Waals surface area contributed by atoms with Crippen molar-refractivity contribution < 1.29 is 22.7 Å². The van der Waals surface area contributed by atoms with Crippen molar-refractivity contribution in [2.24, 2.45) is 0 Å². The van der Waals surface area contributed by atoms with Crippen LogP contribution in [0.4, 0.5) is 13.2 Å². The molecular formula is C15H9F3O2. The van der Waals surface area contributed by atoms with Gasteiger partial charge in [0, 0.05) is 11.1 Å². The highest BCUT2D eigenvalue weighted by Crippen LogP contribution is 2.35. The van der Waals surface area contributed by atoms with E-state index >= 15 is 0 Å². The van der Waals surface area contributed by atoms with Gasteiger partial charge in [-0.05, 0) is 18.2 Å². The summed E-state index contributed by atoms with van der Waals surface area (Å²) >= 11 is 0. The fraction of sp³-hybridized carbons (Fsp3) is 0.133. The van der Waals surface area contributed by atoms with E-state index in [2.05, 4.69) is 0 Å². The fourth-order valence-corrected chi connectivity index (χ4v) is 2.18. The van der Waals surface area contributed by atoms with E-state index in [1.54, 1.807) is 24.3 Å². The van der Waals surface area contributed by atoms with Crippen LogP contribution in [0, 0.1) is 0 Å². The summed E-state index contributed by atoms with van der Waals surface area (Å²) in [5, 5.41) is 0. The third-order valence-corrected chi connectivity index (χ3v) is 3.20. The van der Waals surface area contributed by atoms with Gasteiger partial charge in [0.05, 0.1) is 11.1 Å². The normalized spacial score (nSPS) is 14.1. The van der Waals surface area contributed by atoms with Crippen molar-refractivity contribution in [3.63, 3.8) is 0 Å². The molecule has 0 bridgehead atoms. The number of carbonyl (C=O) groups is 1. The molecule has 102 valence electrons.